The molecule has 22 heavy (non-hydrogen) atoms. The number of carbonyl (C=O) groups is 2. The lowest BCUT2D eigenvalue weighted by Gasteiger charge is -2.35. The summed E-state index contributed by atoms with van der Waals surface area (Å²) in [5.41, 5.74) is -0.511. The molecule has 1 saturated heterocycles. The fraction of sp³-hybridized carbons (Fsp3) is 0.625. The third kappa shape index (κ3) is 4.73. The lowest BCUT2D eigenvalue weighted by Crippen LogP contribution is -2.49. The van der Waals surface area contributed by atoms with E-state index in [-0.39, 0.29) is 11.9 Å². The third-order valence-electron chi connectivity index (χ3n) is 3.50. The van der Waals surface area contributed by atoms with Crippen molar-refractivity contribution in [3.8, 4) is 0 Å². The van der Waals surface area contributed by atoms with Crippen LogP contribution in [-0.4, -0.2) is 41.6 Å². The minimum atomic E-state index is -0.511. The number of rotatable bonds is 3. The summed E-state index contributed by atoms with van der Waals surface area (Å²) >= 11 is 1.46. The molecular formula is C16H24N2O3S. The second kappa shape index (κ2) is 7.13. The molecule has 1 atom stereocenters. The summed E-state index contributed by atoms with van der Waals surface area (Å²) in [5, 5.41) is 4.70. The fourth-order valence-electron chi connectivity index (χ4n) is 2.54. The van der Waals surface area contributed by atoms with E-state index in [0.29, 0.717) is 6.54 Å². The molecular weight excluding hydrogens is 300 g/mol. The van der Waals surface area contributed by atoms with Gasteiger partial charge in [0.05, 0.1) is 4.88 Å². The molecule has 0 aromatic carbocycles. The van der Waals surface area contributed by atoms with Crippen LogP contribution < -0.4 is 5.32 Å². The van der Waals surface area contributed by atoms with Crippen molar-refractivity contribution in [3.05, 3.63) is 22.4 Å². The Kier molecular flexibility index (Phi) is 5.45. The SMILES string of the molecule is CC(C)(C)OC(=O)NCC1CCCCN1C(=O)c1cccs1. The van der Waals surface area contributed by atoms with Crippen LogP contribution in [0.3, 0.4) is 0 Å². The largest absolute Gasteiger partial charge is 0.444 e. The van der Waals surface area contributed by atoms with Gasteiger partial charge < -0.3 is 15.0 Å². The predicted octanol–water partition coefficient (Wildman–Crippen LogP) is 3.27. The summed E-state index contributed by atoms with van der Waals surface area (Å²) in [7, 11) is 0. The summed E-state index contributed by atoms with van der Waals surface area (Å²) < 4.78 is 5.25. The van der Waals surface area contributed by atoms with Crippen LogP contribution >= 0.6 is 11.3 Å². The number of carbonyl (C=O) groups excluding carboxylic acids is 2. The number of alkyl carbamates (subject to hydrolysis) is 1. The predicted molar refractivity (Wildman–Crippen MR) is 87.2 cm³/mol. The van der Waals surface area contributed by atoms with Gasteiger partial charge in [-0.05, 0) is 51.5 Å². The molecule has 0 radical (unpaired) electrons. The molecule has 1 aromatic rings. The number of thiophene rings is 1. The number of ether oxygens (including phenoxy) is 1. The maximum atomic E-state index is 12.5. The van der Waals surface area contributed by atoms with E-state index >= 15 is 0 Å². The molecule has 1 N–H and O–H groups in total. The van der Waals surface area contributed by atoms with E-state index in [4.69, 9.17) is 4.74 Å². The van der Waals surface area contributed by atoms with E-state index in [0.717, 1.165) is 30.7 Å². The zero-order chi connectivity index (χ0) is 16.2. The van der Waals surface area contributed by atoms with Crippen molar-refractivity contribution in [2.24, 2.45) is 0 Å². The highest BCUT2D eigenvalue weighted by molar-refractivity contribution is 7.12. The van der Waals surface area contributed by atoms with Crippen LogP contribution in [0, 0.1) is 0 Å². The lowest BCUT2D eigenvalue weighted by atomic mass is 10.0. The van der Waals surface area contributed by atoms with Crippen molar-refractivity contribution >= 4 is 23.3 Å². The van der Waals surface area contributed by atoms with Gasteiger partial charge >= 0.3 is 6.09 Å². The van der Waals surface area contributed by atoms with Crippen molar-refractivity contribution in [2.45, 2.75) is 51.7 Å². The minimum absolute atomic E-state index is 0.0378. The highest BCUT2D eigenvalue weighted by Gasteiger charge is 2.28. The Hall–Kier alpha value is -1.56. The zero-order valence-electron chi connectivity index (χ0n) is 13.4. The molecule has 0 spiro atoms. The maximum absolute atomic E-state index is 12.5. The lowest BCUT2D eigenvalue weighted by molar-refractivity contribution is 0.0463. The van der Waals surface area contributed by atoms with E-state index in [1.165, 1.54) is 11.3 Å². The molecule has 122 valence electrons. The molecule has 1 aliphatic rings. The van der Waals surface area contributed by atoms with Gasteiger partial charge in [0.1, 0.15) is 5.60 Å². The molecule has 6 heteroatoms. The first-order chi connectivity index (χ1) is 10.4. The number of hydrogen-bond donors (Lipinski definition) is 1. The van der Waals surface area contributed by atoms with Crippen LogP contribution in [0.4, 0.5) is 4.79 Å². The van der Waals surface area contributed by atoms with Crippen LogP contribution in [0.2, 0.25) is 0 Å². The van der Waals surface area contributed by atoms with Crippen LogP contribution in [0.25, 0.3) is 0 Å². The van der Waals surface area contributed by atoms with Gasteiger partial charge in [-0.3, -0.25) is 4.79 Å². The van der Waals surface area contributed by atoms with Gasteiger partial charge in [-0.1, -0.05) is 6.07 Å². The van der Waals surface area contributed by atoms with E-state index < -0.39 is 11.7 Å². The normalized spacial score (nSPS) is 18.9. The van der Waals surface area contributed by atoms with E-state index in [1.54, 1.807) is 0 Å². The topological polar surface area (TPSA) is 58.6 Å². The van der Waals surface area contributed by atoms with Crippen molar-refractivity contribution in [1.29, 1.82) is 0 Å². The summed E-state index contributed by atoms with van der Waals surface area (Å²) in [6.45, 7) is 6.68. The smallest absolute Gasteiger partial charge is 0.407 e. The number of likely N-dealkylation sites (tertiary alicyclic amines) is 1. The standard InChI is InChI=1S/C16H24N2O3S/c1-16(2,3)21-15(20)17-11-12-7-4-5-9-18(12)14(19)13-8-6-10-22-13/h6,8,10,12H,4-5,7,9,11H2,1-3H3,(H,17,20). The molecule has 2 heterocycles. The average molecular weight is 324 g/mol. The molecule has 1 aromatic heterocycles. The van der Waals surface area contributed by atoms with Crippen molar-refractivity contribution in [1.82, 2.24) is 10.2 Å². The zero-order valence-corrected chi connectivity index (χ0v) is 14.2. The maximum Gasteiger partial charge on any atom is 0.407 e. The number of nitrogens with zero attached hydrogens (tertiary/aromatic N) is 1. The van der Waals surface area contributed by atoms with E-state index in [9.17, 15) is 9.59 Å². The second-order valence-electron chi connectivity index (χ2n) is 6.51. The Labute approximate surface area is 135 Å². The van der Waals surface area contributed by atoms with Crippen molar-refractivity contribution in [2.75, 3.05) is 13.1 Å². The van der Waals surface area contributed by atoms with Crippen LogP contribution in [-0.2, 0) is 4.74 Å². The molecule has 1 unspecified atom stereocenters. The Morgan fingerprint density at radius 3 is 2.82 bits per heavy atom. The van der Waals surface area contributed by atoms with Gasteiger partial charge in [-0.15, -0.1) is 11.3 Å². The van der Waals surface area contributed by atoms with Crippen LogP contribution in [0.15, 0.2) is 17.5 Å². The van der Waals surface area contributed by atoms with Gasteiger partial charge in [0.15, 0.2) is 0 Å². The minimum Gasteiger partial charge on any atom is -0.444 e. The first kappa shape index (κ1) is 16.8. The Balaban J connectivity index is 1.93. The second-order valence-corrected chi connectivity index (χ2v) is 7.46. The molecule has 0 saturated carbocycles. The average Bonchev–Trinajstić information content (AvgIpc) is 2.97. The van der Waals surface area contributed by atoms with Gasteiger partial charge in [0, 0.05) is 19.1 Å². The van der Waals surface area contributed by atoms with Gasteiger partial charge in [0.25, 0.3) is 5.91 Å². The van der Waals surface area contributed by atoms with Gasteiger partial charge in [-0.25, -0.2) is 4.79 Å². The summed E-state index contributed by atoms with van der Waals surface area (Å²) in [6, 6.07) is 3.77. The van der Waals surface area contributed by atoms with Crippen LogP contribution in [0.1, 0.15) is 49.7 Å². The van der Waals surface area contributed by atoms with Gasteiger partial charge in [0.2, 0.25) is 0 Å². The molecule has 2 rings (SSSR count). The summed E-state index contributed by atoms with van der Waals surface area (Å²) in [4.78, 5) is 26.9. The molecule has 1 aliphatic heterocycles. The number of nitrogens with one attached hydrogen (secondary N) is 1. The Morgan fingerprint density at radius 2 is 2.18 bits per heavy atom. The molecule has 0 aliphatic carbocycles. The third-order valence-corrected chi connectivity index (χ3v) is 4.36. The Bertz CT molecular complexity index is 508. The van der Waals surface area contributed by atoms with Crippen molar-refractivity contribution < 1.29 is 14.3 Å². The Morgan fingerprint density at radius 1 is 1.41 bits per heavy atom. The number of hydrogen-bond acceptors (Lipinski definition) is 4. The molecule has 2 amide bonds. The van der Waals surface area contributed by atoms with E-state index in [1.807, 2.05) is 43.2 Å². The molecule has 5 nitrogen and oxygen atoms in total. The first-order valence-corrected chi connectivity index (χ1v) is 8.56. The highest BCUT2D eigenvalue weighted by atomic mass is 32.1. The fourth-order valence-corrected chi connectivity index (χ4v) is 3.22. The summed E-state index contributed by atoms with van der Waals surface area (Å²) in [6.07, 6.45) is 2.57. The van der Waals surface area contributed by atoms with Crippen LogP contribution in [0.5, 0.6) is 0 Å². The quantitative estimate of drug-likeness (QED) is 0.928. The van der Waals surface area contributed by atoms with Crippen molar-refractivity contribution in [3.63, 3.8) is 0 Å². The number of piperidine rings is 1. The molecule has 0 bridgehead atoms. The first-order valence-electron chi connectivity index (χ1n) is 7.68. The molecule has 1 fully saturated rings. The number of amides is 2. The summed E-state index contributed by atoms with van der Waals surface area (Å²) in [5.74, 6) is 0.0608. The van der Waals surface area contributed by atoms with Gasteiger partial charge in [-0.2, -0.15) is 0 Å². The monoisotopic (exact) mass is 324 g/mol. The highest BCUT2D eigenvalue weighted by Crippen LogP contribution is 2.21. The van der Waals surface area contributed by atoms with E-state index in [2.05, 4.69) is 5.32 Å².